The molecule has 2 saturated carbocycles. The van der Waals surface area contributed by atoms with Crippen molar-refractivity contribution in [1.82, 2.24) is 0 Å². The van der Waals surface area contributed by atoms with Gasteiger partial charge in [-0.3, -0.25) is 4.79 Å². The average Bonchev–Trinajstić information content (AvgIpc) is 3.18. The van der Waals surface area contributed by atoms with Crippen LogP contribution in [0.3, 0.4) is 0 Å². The highest BCUT2D eigenvalue weighted by molar-refractivity contribution is 5.84. The Balaban J connectivity index is 1.42. The molecule has 1 saturated heterocycles. The Morgan fingerprint density at radius 1 is 1.22 bits per heavy atom. The molecule has 2 bridgehead atoms. The summed E-state index contributed by atoms with van der Waals surface area (Å²) in [5.41, 5.74) is -2.67. The molecule has 5 atom stereocenters. The number of carbonyl (C=O) groups excluding carboxylic acids is 4. The molecule has 0 N–H and O–H groups in total. The Bertz CT molecular complexity index is 674. The lowest BCUT2D eigenvalue weighted by molar-refractivity contribution is -0.173. The zero-order valence-electron chi connectivity index (χ0n) is 15.5. The molecule has 0 radical (unpaired) electrons. The SMILES string of the molecule is CCC(C)(C)C(=O)OCC(=O)OCC(=O)OC1C2CC3C1OC(=O)C3(F)C2. The van der Waals surface area contributed by atoms with E-state index in [-0.39, 0.29) is 12.3 Å². The van der Waals surface area contributed by atoms with Crippen molar-refractivity contribution in [3.8, 4) is 0 Å². The minimum atomic E-state index is -1.96. The van der Waals surface area contributed by atoms with Crippen molar-refractivity contribution in [3.63, 3.8) is 0 Å². The maximum absolute atomic E-state index is 14.5. The van der Waals surface area contributed by atoms with Crippen LogP contribution in [-0.4, -0.2) is 55.0 Å². The van der Waals surface area contributed by atoms with E-state index in [1.165, 1.54) is 0 Å². The van der Waals surface area contributed by atoms with E-state index in [0.29, 0.717) is 12.8 Å². The molecule has 3 aliphatic rings. The normalized spacial score (nSPS) is 33.6. The Morgan fingerprint density at radius 2 is 1.89 bits per heavy atom. The third-order valence-electron chi connectivity index (χ3n) is 5.85. The number of rotatable bonds is 7. The molecule has 0 spiro atoms. The van der Waals surface area contributed by atoms with Crippen LogP contribution in [0, 0.1) is 17.3 Å². The van der Waals surface area contributed by atoms with Crippen LogP contribution in [-0.2, 0) is 38.1 Å². The van der Waals surface area contributed by atoms with Gasteiger partial charge in [-0.25, -0.2) is 18.8 Å². The number of carbonyl (C=O) groups is 4. The summed E-state index contributed by atoms with van der Waals surface area (Å²) in [5, 5.41) is 0. The number of hydrogen-bond acceptors (Lipinski definition) is 8. The van der Waals surface area contributed by atoms with Crippen molar-refractivity contribution in [2.45, 2.75) is 57.9 Å². The van der Waals surface area contributed by atoms with Gasteiger partial charge >= 0.3 is 23.9 Å². The van der Waals surface area contributed by atoms with E-state index in [1.54, 1.807) is 13.8 Å². The van der Waals surface area contributed by atoms with Gasteiger partial charge in [0.15, 0.2) is 13.2 Å². The third-order valence-corrected chi connectivity index (χ3v) is 5.85. The number of ether oxygens (including phenoxy) is 4. The second-order valence-corrected chi connectivity index (χ2v) is 7.97. The summed E-state index contributed by atoms with van der Waals surface area (Å²) < 4.78 is 34.4. The lowest BCUT2D eigenvalue weighted by Gasteiger charge is -2.27. The second kappa shape index (κ2) is 6.76. The van der Waals surface area contributed by atoms with E-state index >= 15 is 0 Å². The van der Waals surface area contributed by atoms with Gasteiger partial charge < -0.3 is 18.9 Å². The lowest BCUT2D eigenvalue weighted by atomic mass is 9.85. The van der Waals surface area contributed by atoms with Crippen LogP contribution in [0.15, 0.2) is 0 Å². The Morgan fingerprint density at radius 3 is 2.56 bits per heavy atom. The van der Waals surface area contributed by atoms with Gasteiger partial charge in [-0.1, -0.05) is 6.92 Å². The quantitative estimate of drug-likeness (QED) is 0.473. The minimum absolute atomic E-state index is 0.0199. The Labute approximate surface area is 155 Å². The fraction of sp³-hybridized carbons (Fsp3) is 0.778. The first-order chi connectivity index (χ1) is 12.6. The van der Waals surface area contributed by atoms with E-state index in [2.05, 4.69) is 0 Å². The van der Waals surface area contributed by atoms with Crippen LogP contribution in [0.1, 0.15) is 40.0 Å². The van der Waals surface area contributed by atoms with Crippen molar-refractivity contribution < 1.29 is 42.5 Å². The number of esters is 4. The smallest absolute Gasteiger partial charge is 0.344 e. The molecule has 5 unspecified atom stereocenters. The molecular weight excluding hydrogens is 363 g/mol. The van der Waals surface area contributed by atoms with Gasteiger partial charge in [-0.15, -0.1) is 0 Å². The number of hydrogen-bond donors (Lipinski definition) is 0. The Hall–Kier alpha value is -2.19. The largest absolute Gasteiger partial charge is 0.456 e. The van der Waals surface area contributed by atoms with Crippen LogP contribution < -0.4 is 0 Å². The predicted octanol–water partition coefficient (Wildman–Crippen LogP) is 1.09. The Kier molecular flexibility index (Phi) is 4.90. The highest BCUT2D eigenvalue weighted by Crippen LogP contribution is 2.59. The van der Waals surface area contributed by atoms with Crippen LogP contribution in [0.5, 0.6) is 0 Å². The zero-order valence-corrected chi connectivity index (χ0v) is 15.5. The average molecular weight is 386 g/mol. The van der Waals surface area contributed by atoms with Crippen LogP contribution >= 0.6 is 0 Å². The highest BCUT2D eigenvalue weighted by atomic mass is 19.1. The molecule has 1 heterocycles. The fourth-order valence-corrected chi connectivity index (χ4v) is 3.87. The van der Waals surface area contributed by atoms with E-state index in [9.17, 15) is 23.6 Å². The van der Waals surface area contributed by atoms with Crippen molar-refractivity contribution in [2.24, 2.45) is 17.3 Å². The van der Waals surface area contributed by atoms with Gasteiger partial charge in [0.1, 0.15) is 12.2 Å². The predicted molar refractivity (Wildman–Crippen MR) is 85.8 cm³/mol. The summed E-state index contributed by atoms with van der Waals surface area (Å²) in [7, 11) is 0. The van der Waals surface area contributed by atoms with Crippen molar-refractivity contribution in [2.75, 3.05) is 13.2 Å². The monoisotopic (exact) mass is 386 g/mol. The number of halogens is 1. The summed E-state index contributed by atoms with van der Waals surface area (Å²) in [6, 6.07) is 0. The molecule has 150 valence electrons. The van der Waals surface area contributed by atoms with Gasteiger partial charge in [-0.05, 0) is 33.1 Å². The van der Waals surface area contributed by atoms with Gasteiger partial charge in [0.2, 0.25) is 5.67 Å². The lowest BCUT2D eigenvalue weighted by Crippen LogP contribution is -2.42. The van der Waals surface area contributed by atoms with Crippen LogP contribution in [0.2, 0.25) is 0 Å². The maximum atomic E-state index is 14.5. The third kappa shape index (κ3) is 3.39. The summed E-state index contributed by atoms with van der Waals surface area (Å²) >= 11 is 0. The molecular formula is C18H23FO8. The molecule has 3 rings (SSSR count). The fourth-order valence-electron chi connectivity index (χ4n) is 3.87. The van der Waals surface area contributed by atoms with Crippen molar-refractivity contribution >= 4 is 23.9 Å². The van der Waals surface area contributed by atoms with E-state index < -0.39 is 66.3 Å². The molecule has 0 aromatic heterocycles. The molecule has 1 aliphatic heterocycles. The molecule has 8 nitrogen and oxygen atoms in total. The van der Waals surface area contributed by atoms with Crippen LogP contribution in [0.25, 0.3) is 0 Å². The first-order valence-corrected chi connectivity index (χ1v) is 9.01. The summed E-state index contributed by atoms with van der Waals surface area (Å²) in [5.74, 6) is -4.00. The van der Waals surface area contributed by atoms with Gasteiger partial charge in [0, 0.05) is 11.8 Å². The van der Waals surface area contributed by atoms with E-state index in [1.807, 2.05) is 6.92 Å². The van der Waals surface area contributed by atoms with E-state index in [0.717, 1.165) is 0 Å². The van der Waals surface area contributed by atoms with Crippen molar-refractivity contribution in [3.05, 3.63) is 0 Å². The summed E-state index contributed by atoms with van der Waals surface area (Å²) in [4.78, 5) is 46.9. The van der Waals surface area contributed by atoms with E-state index in [4.69, 9.17) is 18.9 Å². The molecule has 27 heavy (non-hydrogen) atoms. The molecule has 0 aromatic rings. The number of alkyl halides is 1. The first kappa shape index (κ1) is 19.6. The maximum Gasteiger partial charge on any atom is 0.344 e. The highest BCUT2D eigenvalue weighted by Gasteiger charge is 2.72. The summed E-state index contributed by atoms with van der Waals surface area (Å²) in [6.45, 7) is 3.93. The van der Waals surface area contributed by atoms with Gasteiger partial charge in [0.05, 0.1) is 5.41 Å². The van der Waals surface area contributed by atoms with Crippen LogP contribution in [0.4, 0.5) is 4.39 Å². The first-order valence-electron chi connectivity index (χ1n) is 9.01. The second-order valence-electron chi connectivity index (χ2n) is 7.97. The van der Waals surface area contributed by atoms with Gasteiger partial charge in [0.25, 0.3) is 0 Å². The molecule has 0 amide bonds. The molecule has 3 fully saturated rings. The number of fused-ring (bicyclic) bond motifs is 1. The molecule has 2 aliphatic carbocycles. The molecule has 9 heteroatoms. The van der Waals surface area contributed by atoms with Gasteiger partial charge in [-0.2, -0.15) is 0 Å². The standard InChI is InChI=1S/C18H23FO8/c1-4-17(2,3)15(22)25-7-11(20)24-8-12(21)26-13-9-5-10-14(13)27-16(23)18(10,19)6-9/h9-10,13-14H,4-8H2,1-3H3. The summed E-state index contributed by atoms with van der Waals surface area (Å²) in [6.07, 6.45) is -0.553. The molecule has 0 aromatic carbocycles. The zero-order chi connectivity index (χ0) is 20.0. The van der Waals surface area contributed by atoms with Crippen molar-refractivity contribution in [1.29, 1.82) is 0 Å². The minimum Gasteiger partial charge on any atom is -0.456 e. The topological polar surface area (TPSA) is 105 Å².